The molecule has 0 saturated carbocycles. The van der Waals surface area contributed by atoms with Crippen molar-refractivity contribution in [2.24, 2.45) is 0 Å². The Bertz CT molecular complexity index is 123. The molecule has 3 heteroatoms. The topological polar surface area (TPSA) is 35.5 Å². The summed E-state index contributed by atoms with van der Waals surface area (Å²) in [5.41, 5.74) is 0. The fraction of sp³-hybridized carbons (Fsp3) is 0.889. The molecular formula is C9H18O3. The molecule has 0 heterocycles. The first kappa shape index (κ1) is 11.4. The van der Waals surface area contributed by atoms with Gasteiger partial charge >= 0.3 is 5.97 Å². The third-order valence-corrected chi connectivity index (χ3v) is 1.70. The lowest BCUT2D eigenvalue weighted by Crippen LogP contribution is -2.08. The monoisotopic (exact) mass is 174 g/mol. The summed E-state index contributed by atoms with van der Waals surface area (Å²) in [6.07, 6.45) is 2.49. The maximum absolute atomic E-state index is 10.8. The number of hydrogen-bond acceptors (Lipinski definition) is 3. The van der Waals surface area contributed by atoms with Crippen LogP contribution in [-0.2, 0) is 14.3 Å². The SMILES string of the molecule is CCOC(=O)CCCC(C)OC. The zero-order valence-corrected chi connectivity index (χ0v) is 8.13. The van der Waals surface area contributed by atoms with E-state index in [1.807, 2.05) is 13.8 Å². The standard InChI is InChI=1S/C9H18O3/c1-4-12-9(10)7-5-6-8(2)11-3/h8H,4-7H2,1-3H3. The molecule has 0 amide bonds. The summed E-state index contributed by atoms with van der Waals surface area (Å²) < 4.78 is 9.82. The van der Waals surface area contributed by atoms with Crippen molar-refractivity contribution in [2.45, 2.75) is 39.2 Å². The van der Waals surface area contributed by atoms with Gasteiger partial charge in [-0.15, -0.1) is 0 Å². The van der Waals surface area contributed by atoms with Crippen LogP contribution >= 0.6 is 0 Å². The molecule has 12 heavy (non-hydrogen) atoms. The van der Waals surface area contributed by atoms with Gasteiger partial charge in [0, 0.05) is 13.5 Å². The Morgan fingerprint density at radius 2 is 2.17 bits per heavy atom. The lowest BCUT2D eigenvalue weighted by molar-refractivity contribution is -0.143. The van der Waals surface area contributed by atoms with Crippen LogP contribution in [0.4, 0.5) is 0 Å². The van der Waals surface area contributed by atoms with Crippen LogP contribution in [0, 0.1) is 0 Å². The quantitative estimate of drug-likeness (QED) is 0.575. The molecule has 0 fully saturated rings. The van der Waals surface area contributed by atoms with Crippen molar-refractivity contribution >= 4 is 5.97 Å². The molecule has 0 radical (unpaired) electrons. The third-order valence-electron chi connectivity index (χ3n) is 1.70. The van der Waals surface area contributed by atoms with Crippen molar-refractivity contribution in [2.75, 3.05) is 13.7 Å². The third kappa shape index (κ3) is 6.16. The van der Waals surface area contributed by atoms with Crippen LogP contribution in [-0.4, -0.2) is 25.8 Å². The summed E-state index contributed by atoms with van der Waals surface area (Å²) in [6, 6.07) is 0. The zero-order valence-electron chi connectivity index (χ0n) is 8.13. The molecule has 0 aliphatic rings. The van der Waals surface area contributed by atoms with Crippen LogP contribution < -0.4 is 0 Å². The number of carbonyl (C=O) groups is 1. The van der Waals surface area contributed by atoms with Gasteiger partial charge in [-0.2, -0.15) is 0 Å². The Kier molecular flexibility index (Phi) is 6.76. The van der Waals surface area contributed by atoms with Gasteiger partial charge in [-0.05, 0) is 26.7 Å². The lowest BCUT2D eigenvalue weighted by Gasteiger charge is -2.07. The Morgan fingerprint density at radius 1 is 1.50 bits per heavy atom. The molecule has 72 valence electrons. The van der Waals surface area contributed by atoms with Gasteiger partial charge in [-0.3, -0.25) is 4.79 Å². The normalized spacial score (nSPS) is 12.6. The van der Waals surface area contributed by atoms with Gasteiger partial charge in [0.15, 0.2) is 0 Å². The van der Waals surface area contributed by atoms with Crippen LogP contribution in [0.15, 0.2) is 0 Å². The van der Waals surface area contributed by atoms with Crippen LogP contribution in [0.2, 0.25) is 0 Å². The van der Waals surface area contributed by atoms with Crippen LogP contribution in [0.1, 0.15) is 33.1 Å². The molecule has 0 saturated heterocycles. The van der Waals surface area contributed by atoms with E-state index < -0.39 is 0 Å². The van der Waals surface area contributed by atoms with E-state index in [1.54, 1.807) is 7.11 Å². The number of hydrogen-bond donors (Lipinski definition) is 0. The van der Waals surface area contributed by atoms with E-state index in [0.717, 1.165) is 12.8 Å². The van der Waals surface area contributed by atoms with E-state index in [2.05, 4.69) is 0 Å². The second kappa shape index (κ2) is 7.10. The van der Waals surface area contributed by atoms with Crippen LogP contribution in [0.3, 0.4) is 0 Å². The second-order valence-electron chi connectivity index (χ2n) is 2.74. The predicted molar refractivity (Wildman–Crippen MR) is 47.0 cm³/mol. The maximum Gasteiger partial charge on any atom is 0.305 e. The Morgan fingerprint density at radius 3 is 2.67 bits per heavy atom. The van der Waals surface area contributed by atoms with E-state index >= 15 is 0 Å². The average molecular weight is 174 g/mol. The Hall–Kier alpha value is -0.570. The van der Waals surface area contributed by atoms with Gasteiger partial charge in [-0.1, -0.05) is 0 Å². The Balaban J connectivity index is 3.24. The lowest BCUT2D eigenvalue weighted by atomic mass is 10.2. The molecule has 0 N–H and O–H groups in total. The summed E-state index contributed by atoms with van der Waals surface area (Å²) in [5.74, 6) is -0.110. The van der Waals surface area contributed by atoms with Gasteiger partial charge < -0.3 is 9.47 Å². The summed E-state index contributed by atoms with van der Waals surface area (Å²) in [7, 11) is 1.68. The Labute approximate surface area is 74.0 Å². The van der Waals surface area contributed by atoms with Crippen LogP contribution in [0.25, 0.3) is 0 Å². The molecule has 0 aromatic rings. The summed E-state index contributed by atoms with van der Waals surface area (Å²) >= 11 is 0. The average Bonchev–Trinajstić information content (AvgIpc) is 2.04. The van der Waals surface area contributed by atoms with Gasteiger partial charge in [0.2, 0.25) is 0 Å². The summed E-state index contributed by atoms with van der Waals surface area (Å²) in [5, 5.41) is 0. The number of methoxy groups -OCH3 is 1. The molecule has 0 spiro atoms. The molecule has 0 aliphatic heterocycles. The molecule has 1 unspecified atom stereocenters. The number of ether oxygens (including phenoxy) is 2. The van der Waals surface area contributed by atoms with E-state index in [9.17, 15) is 4.79 Å². The minimum absolute atomic E-state index is 0.110. The number of esters is 1. The van der Waals surface area contributed by atoms with Crippen molar-refractivity contribution in [3.8, 4) is 0 Å². The van der Waals surface area contributed by atoms with Crippen molar-refractivity contribution in [1.82, 2.24) is 0 Å². The molecule has 0 aliphatic carbocycles. The smallest absolute Gasteiger partial charge is 0.305 e. The van der Waals surface area contributed by atoms with Gasteiger partial charge in [0.05, 0.1) is 12.7 Å². The van der Waals surface area contributed by atoms with Gasteiger partial charge in [0.1, 0.15) is 0 Å². The van der Waals surface area contributed by atoms with Crippen molar-refractivity contribution in [3.63, 3.8) is 0 Å². The predicted octanol–water partition coefficient (Wildman–Crippen LogP) is 1.75. The first-order valence-electron chi connectivity index (χ1n) is 4.39. The van der Waals surface area contributed by atoms with Crippen molar-refractivity contribution < 1.29 is 14.3 Å². The number of carbonyl (C=O) groups excluding carboxylic acids is 1. The highest BCUT2D eigenvalue weighted by Crippen LogP contribution is 2.03. The molecule has 1 atom stereocenters. The minimum Gasteiger partial charge on any atom is -0.466 e. The van der Waals surface area contributed by atoms with E-state index in [4.69, 9.17) is 9.47 Å². The van der Waals surface area contributed by atoms with Gasteiger partial charge in [-0.25, -0.2) is 0 Å². The molecule has 0 bridgehead atoms. The highest BCUT2D eigenvalue weighted by Gasteiger charge is 2.03. The molecule has 3 nitrogen and oxygen atoms in total. The van der Waals surface area contributed by atoms with Crippen molar-refractivity contribution in [3.05, 3.63) is 0 Å². The first-order chi connectivity index (χ1) is 5.70. The highest BCUT2D eigenvalue weighted by atomic mass is 16.5. The van der Waals surface area contributed by atoms with Crippen molar-refractivity contribution in [1.29, 1.82) is 0 Å². The molecule has 0 aromatic carbocycles. The van der Waals surface area contributed by atoms with E-state index in [1.165, 1.54) is 0 Å². The second-order valence-corrected chi connectivity index (χ2v) is 2.74. The highest BCUT2D eigenvalue weighted by molar-refractivity contribution is 5.69. The zero-order chi connectivity index (χ0) is 9.40. The van der Waals surface area contributed by atoms with E-state index in [-0.39, 0.29) is 12.1 Å². The minimum atomic E-state index is -0.110. The maximum atomic E-state index is 10.8. The number of rotatable bonds is 6. The fourth-order valence-electron chi connectivity index (χ4n) is 0.885. The van der Waals surface area contributed by atoms with Crippen LogP contribution in [0.5, 0.6) is 0 Å². The van der Waals surface area contributed by atoms with E-state index in [0.29, 0.717) is 13.0 Å². The molecular weight excluding hydrogens is 156 g/mol. The largest absolute Gasteiger partial charge is 0.466 e. The summed E-state index contributed by atoms with van der Waals surface area (Å²) in [4.78, 5) is 10.8. The molecule has 0 aromatic heterocycles. The summed E-state index contributed by atoms with van der Waals surface area (Å²) in [6.45, 7) is 4.28. The van der Waals surface area contributed by atoms with Gasteiger partial charge in [0.25, 0.3) is 0 Å². The fourth-order valence-corrected chi connectivity index (χ4v) is 0.885. The first-order valence-corrected chi connectivity index (χ1v) is 4.39. The molecule has 0 rings (SSSR count).